The monoisotopic (exact) mass is 328 g/mol. The highest BCUT2D eigenvalue weighted by Crippen LogP contribution is 2.39. The van der Waals surface area contributed by atoms with Crippen LogP contribution in [0.4, 0.5) is 0 Å². The molecular formula is C19H24N2O3. The van der Waals surface area contributed by atoms with E-state index in [1.165, 1.54) is 0 Å². The second-order valence-electron chi connectivity index (χ2n) is 7.49. The molecule has 4 rings (SSSR count). The van der Waals surface area contributed by atoms with Crippen LogP contribution in [0.5, 0.6) is 5.75 Å². The van der Waals surface area contributed by atoms with E-state index >= 15 is 0 Å². The van der Waals surface area contributed by atoms with Crippen LogP contribution in [0.15, 0.2) is 24.3 Å². The Morgan fingerprint density at radius 2 is 2.12 bits per heavy atom. The number of benzene rings is 1. The largest absolute Gasteiger partial charge is 0.484 e. The molecule has 128 valence electrons. The number of rotatable bonds is 1. The van der Waals surface area contributed by atoms with Crippen molar-refractivity contribution in [2.24, 2.45) is 5.92 Å². The fraction of sp³-hybridized carbons (Fsp3) is 0.579. The topological polar surface area (TPSA) is 49.9 Å². The molecule has 24 heavy (non-hydrogen) atoms. The first-order valence-electron chi connectivity index (χ1n) is 8.85. The van der Waals surface area contributed by atoms with Crippen molar-refractivity contribution in [2.45, 2.75) is 31.3 Å². The predicted octanol–water partition coefficient (Wildman–Crippen LogP) is 1.96. The lowest BCUT2D eigenvalue weighted by Crippen LogP contribution is -2.47. The average molecular weight is 328 g/mol. The Kier molecular flexibility index (Phi) is 3.83. The lowest BCUT2D eigenvalue weighted by molar-refractivity contribution is -0.136. The van der Waals surface area contributed by atoms with Gasteiger partial charge in [0.25, 0.3) is 0 Å². The number of ketones is 1. The Balaban J connectivity index is 1.48. The number of likely N-dealkylation sites (tertiary alicyclic amines) is 2. The summed E-state index contributed by atoms with van der Waals surface area (Å²) in [6.07, 6.45) is 3.16. The smallest absolute Gasteiger partial charge is 0.227 e. The van der Waals surface area contributed by atoms with Gasteiger partial charge in [-0.1, -0.05) is 12.1 Å². The number of carbonyl (C=O) groups excluding carboxylic acids is 2. The Bertz CT molecular complexity index is 674. The van der Waals surface area contributed by atoms with Gasteiger partial charge in [-0.15, -0.1) is 0 Å². The number of hydrogen-bond donors (Lipinski definition) is 0. The molecule has 2 fully saturated rings. The molecule has 2 unspecified atom stereocenters. The molecule has 0 bridgehead atoms. The fourth-order valence-electron chi connectivity index (χ4n) is 4.33. The molecule has 1 aromatic rings. The van der Waals surface area contributed by atoms with Crippen molar-refractivity contribution < 1.29 is 14.3 Å². The molecule has 3 heterocycles. The first-order chi connectivity index (χ1) is 11.6. The van der Waals surface area contributed by atoms with Gasteiger partial charge in [-0.05, 0) is 38.6 Å². The highest BCUT2D eigenvalue weighted by Gasteiger charge is 2.47. The number of piperidine rings is 1. The third kappa shape index (κ3) is 2.71. The van der Waals surface area contributed by atoms with Gasteiger partial charge in [0.05, 0.1) is 24.4 Å². The number of ether oxygens (including phenoxy) is 1. The van der Waals surface area contributed by atoms with Crippen molar-refractivity contribution in [3.8, 4) is 5.75 Å². The van der Waals surface area contributed by atoms with Crippen molar-refractivity contribution in [1.29, 1.82) is 0 Å². The molecule has 5 heteroatoms. The number of carbonyl (C=O) groups is 2. The predicted molar refractivity (Wildman–Crippen MR) is 90.2 cm³/mol. The van der Waals surface area contributed by atoms with E-state index in [9.17, 15) is 9.59 Å². The zero-order valence-corrected chi connectivity index (χ0v) is 14.2. The summed E-state index contributed by atoms with van der Waals surface area (Å²) < 4.78 is 6.21. The lowest BCUT2D eigenvalue weighted by atomic mass is 9.89. The minimum Gasteiger partial charge on any atom is -0.484 e. The van der Waals surface area contributed by atoms with Crippen LogP contribution >= 0.6 is 0 Å². The number of fused-ring (bicyclic) bond motifs is 1. The second kappa shape index (κ2) is 5.88. The van der Waals surface area contributed by atoms with Gasteiger partial charge in [0.15, 0.2) is 5.78 Å². The normalized spacial score (nSPS) is 30.3. The summed E-state index contributed by atoms with van der Waals surface area (Å²) in [7, 11) is 2.07. The van der Waals surface area contributed by atoms with Crippen LogP contribution in [0, 0.1) is 5.92 Å². The van der Waals surface area contributed by atoms with Gasteiger partial charge in [-0.3, -0.25) is 9.59 Å². The van der Waals surface area contributed by atoms with Crippen LogP contribution in [0.2, 0.25) is 0 Å². The summed E-state index contributed by atoms with van der Waals surface area (Å²) in [6.45, 7) is 3.13. The Morgan fingerprint density at radius 1 is 1.29 bits per heavy atom. The second-order valence-corrected chi connectivity index (χ2v) is 7.49. The number of para-hydroxylation sites is 1. The molecule has 1 spiro atoms. The van der Waals surface area contributed by atoms with Gasteiger partial charge in [-0.25, -0.2) is 0 Å². The van der Waals surface area contributed by atoms with Gasteiger partial charge in [-0.2, -0.15) is 0 Å². The van der Waals surface area contributed by atoms with E-state index in [2.05, 4.69) is 11.9 Å². The maximum absolute atomic E-state index is 12.9. The SMILES string of the molecule is CN1CCCC(C(=O)N2CCC3(CC(=O)c4ccccc4O3)C2)C1. The molecule has 5 nitrogen and oxygen atoms in total. The molecule has 0 radical (unpaired) electrons. The standard InChI is InChI=1S/C19H24N2O3/c1-20-9-4-5-14(12-20)18(23)21-10-8-19(13-21)11-16(22)15-6-2-3-7-17(15)24-19/h2-3,6-7,14H,4-5,8-13H2,1H3. The summed E-state index contributed by atoms with van der Waals surface area (Å²) >= 11 is 0. The maximum Gasteiger partial charge on any atom is 0.227 e. The molecule has 3 aliphatic rings. The van der Waals surface area contributed by atoms with Gasteiger partial charge >= 0.3 is 0 Å². The van der Waals surface area contributed by atoms with Crippen molar-refractivity contribution in [3.05, 3.63) is 29.8 Å². The van der Waals surface area contributed by atoms with Gasteiger partial charge in [0.2, 0.25) is 5.91 Å². The molecule has 0 aliphatic carbocycles. The van der Waals surface area contributed by atoms with Crippen molar-refractivity contribution in [2.75, 3.05) is 33.2 Å². The Hall–Kier alpha value is -1.88. The molecule has 2 saturated heterocycles. The van der Waals surface area contributed by atoms with Gasteiger partial charge < -0.3 is 14.5 Å². The quantitative estimate of drug-likeness (QED) is 0.791. The molecule has 0 N–H and O–H groups in total. The lowest BCUT2D eigenvalue weighted by Gasteiger charge is -2.35. The zero-order valence-electron chi connectivity index (χ0n) is 14.2. The highest BCUT2D eigenvalue weighted by atomic mass is 16.5. The van der Waals surface area contributed by atoms with E-state index in [0.717, 1.165) is 32.4 Å². The van der Waals surface area contributed by atoms with Crippen LogP contribution in [0.1, 0.15) is 36.0 Å². The summed E-state index contributed by atoms with van der Waals surface area (Å²) in [5, 5.41) is 0. The first kappa shape index (κ1) is 15.6. The minimum absolute atomic E-state index is 0.0884. The van der Waals surface area contributed by atoms with E-state index in [1.807, 2.05) is 29.2 Å². The number of Topliss-reactive ketones (excluding diaryl/α,β-unsaturated/α-hetero) is 1. The number of amides is 1. The van der Waals surface area contributed by atoms with E-state index in [-0.39, 0.29) is 17.6 Å². The van der Waals surface area contributed by atoms with Gasteiger partial charge in [0.1, 0.15) is 11.4 Å². The third-order valence-corrected chi connectivity index (χ3v) is 5.60. The summed E-state index contributed by atoms with van der Waals surface area (Å²) in [4.78, 5) is 29.5. The van der Waals surface area contributed by atoms with Crippen LogP contribution in [-0.4, -0.2) is 60.3 Å². The molecule has 2 atom stereocenters. The third-order valence-electron chi connectivity index (χ3n) is 5.60. The summed E-state index contributed by atoms with van der Waals surface area (Å²) in [6, 6.07) is 7.43. The maximum atomic E-state index is 12.9. The molecule has 0 aromatic heterocycles. The van der Waals surface area contributed by atoms with E-state index in [0.29, 0.717) is 30.8 Å². The minimum atomic E-state index is -0.526. The van der Waals surface area contributed by atoms with E-state index in [4.69, 9.17) is 4.74 Å². The van der Waals surface area contributed by atoms with Crippen LogP contribution in [0.25, 0.3) is 0 Å². The molecular weight excluding hydrogens is 304 g/mol. The van der Waals surface area contributed by atoms with Crippen LogP contribution < -0.4 is 4.74 Å². The summed E-state index contributed by atoms with van der Waals surface area (Å²) in [5.41, 5.74) is 0.142. The highest BCUT2D eigenvalue weighted by molar-refractivity contribution is 6.00. The summed E-state index contributed by atoms with van der Waals surface area (Å²) in [5.74, 6) is 1.11. The average Bonchev–Trinajstić information content (AvgIpc) is 2.97. The zero-order chi connectivity index (χ0) is 16.7. The van der Waals surface area contributed by atoms with Gasteiger partial charge in [0, 0.05) is 19.5 Å². The van der Waals surface area contributed by atoms with E-state index < -0.39 is 5.60 Å². The van der Waals surface area contributed by atoms with Crippen molar-refractivity contribution in [3.63, 3.8) is 0 Å². The van der Waals surface area contributed by atoms with Crippen molar-refractivity contribution in [1.82, 2.24) is 9.80 Å². The molecule has 1 amide bonds. The molecule has 0 saturated carbocycles. The van der Waals surface area contributed by atoms with Crippen LogP contribution in [-0.2, 0) is 4.79 Å². The number of hydrogen-bond acceptors (Lipinski definition) is 4. The van der Waals surface area contributed by atoms with E-state index in [1.54, 1.807) is 0 Å². The van der Waals surface area contributed by atoms with Crippen LogP contribution in [0.3, 0.4) is 0 Å². The fourth-order valence-corrected chi connectivity index (χ4v) is 4.33. The molecule has 1 aromatic carbocycles. The number of nitrogens with zero attached hydrogens (tertiary/aromatic N) is 2. The first-order valence-corrected chi connectivity index (χ1v) is 8.85. The Labute approximate surface area is 142 Å². The van der Waals surface area contributed by atoms with Crippen molar-refractivity contribution >= 4 is 11.7 Å². The molecule has 3 aliphatic heterocycles. The Morgan fingerprint density at radius 3 is 2.96 bits per heavy atom.